The molecule has 0 aromatic heterocycles. The summed E-state index contributed by atoms with van der Waals surface area (Å²) in [7, 11) is 0. The first-order chi connectivity index (χ1) is 19.4. The summed E-state index contributed by atoms with van der Waals surface area (Å²) in [5.41, 5.74) is 3.68. The summed E-state index contributed by atoms with van der Waals surface area (Å²) in [5, 5.41) is 40.4. The highest BCUT2D eigenvalue weighted by atomic mass is 16.7. The maximum Gasteiger partial charge on any atom is 0.186 e. The third kappa shape index (κ3) is 5.64. The number of ether oxygens (including phenoxy) is 2. The zero-order chi connectivity index (χ0) is 29.7. The predicted octanol–water partition coefficient (Wildman–Crippen LogP) is 5.77. The van der Waals surface area contributed by atoms with Crippen LogP contribution in [0.4, 0.5) is 0 Å². The van der Waals surface area contributed by atoms with Gasteiger partial charge in [0, 0.05) is 0 Å². The lowest BCUT2D eigenvalue weighted by atomic mass is 9.50. The zero-order valence-corrected chi connectivity index (χ0v) is 26.5. The largest absolute Gasteiger partial charge is 0.394 e. The second-order valence-corrected chi connectivity index (χ2v) is 15.3. The van der Waals surface area contributed by atoms with Crippen LogP contribution in [0.15, 0.2) is 23.3 Å². The third-order valence-corrected chi connectivity index (χ3v) is 12.9. The van der Waals surface area contributed by atoms with Gasteiger partial charge in [-0.05, 0) is 97.7 Å². The molecule has 0 amide bonds. The van der Waals surface area contributed by atoms with Gasteiger partial charge in [0.05, 0.1) is 12.7 Å². The first-order valence-electron chi connectivity index (χ1n) is 16.8. The Labute approximate surface area is 248 Å². The van der Waals surface area contributed by atoms with Gasteiger partial charge in [-0.3, -0.25) is 0 Å². The summed E-state index contributed by atoms with van der Waals surface area (Å²) in [6.45, 7) is 14.3. The quantitative estimate of drug-likeness (QED) is 0.279. The standard InChI is InChI=1S/C35H58O6/c1-7-22(20(2)3)9-8-21(4)26-12-13-27-25-11-10-23-18-24(14-16-34(23,5)28(25)15-17-35(26,27)6)40-33-32(39)31(38)30(37)29(19-36)41-33/h10-11,20-22,24,26-33,36-39H,7-9,12-19H2,1-6H3/t21-,22-,24+,26-,27+,28+,29-,30-,31+,32-,33-,34+,35-/m1/s1. The molecule has 6 heteroatoms. The van der Waals surface area contributed by atoms with Crippen LogP contribution in [-0.4, -0.2) is 63.8 Å². The van der Waals surface area contributed by atoms with Crippen molar-refractivity contribution in [2.24, 2.45) is 46.3 Å². The smallest absolute Gasteiger partial charge is 0.186 e. The zero-order valence-electron chi connectivity index (χ0n) is 26.5. The average Bonchev–Trinajstić information content (AvgIpc) is 3.30. The molecule has 1 saturated heterocycles. The van der Waals surface area contributed by atoms with Gasteiger partial charge in [-0.1, -0.05) is 77.7 Å². The lowest BCUT2D eigenvalue weighted by Gasteiger charge is -2.55. The second kappa shape index (κ2) is 12.3. The van der Waals surface area contributed by atoms with Crippen LogP contribution in [0.25, 0.3) is 0 Å². The molecular weight excluding hydrogens is 516 g/mol. The van der Waals surface area contributed by atoms with Crippen LogP contribution in [-0.2, 0) is 9.47 Å². The number of fused-ring (bicyclic) bond motifs is 5. The second-order valence-electron chi connectivity index (χ2n) is 15.3. The first-order valence-corrected chi connectivity index (χ1v) is 16.8. The van der Waals surface area contributed by atoms with Gasteiger partial charge in [0.25, 0.3) is 0 Å². The van der Waals surface area contributed by atoms with Gasteiger partial charge in [-0.15, -0.1) is 0 Å². The Bertz CT molecular complexity index is 974. The molecule has 0 spiro atoms. The highest BCUT2D eigenvalue weighted by molar-refractivity contribution is 5.39. The van der Waals surface area contributed by atoms with Gasteiger partial charge >= 0.3 is 0 Å². The lowest BCUT2D eigenvalue weighted by molar-refractivity contribution is -0.312. The number of allylic oxidation sites excluding steroid dienone is 3. The summed E-state index contributed by atoms with van der Waals surface area (Å²) in [4.78, 5) is 0. The minimum atomic E-state index is -1.41. The number of aliphatic hydroxyl groups is 4. The predicted molar refractivity (Wildman–Crippen MR) is 161 cm³/mol. The van der Waals surface area contributed by atoms with Crippen LogP contribution in [0.3, 0.4) is 0 Å². The molecule has 5 rings (SSSR count). The van der Waals surface area contributed by atoms with Crippen molar-refractivity contribution >= 4 is 0 Å². The van der Waals surface area contributed by atoms with Crippen molar-refractivity contribution in [1.29, 1.82) is 0 Å². The Hall–Kier alpha value is -0.760. The van der Waals surface area contributed by atoms with Crippen molar-refractivity contribution in [1.82, 2.24) is 0 Å². The molecule has 0 aromatic carbocycles. The van der Waals surface area contributed by atoms with E-state index in [1.807, 2.05) is 0 Å². The van der Waals surface area contributed by atoms with Crippen molar-refractivity contribution in [3.8, 4) is 0 Å². The topological polar surface area (TPSA) is 99.4 Å². The molecule has 1 heterocycles. The highest BCUT2D eigenvalue weighted by Crippen LogP contribution is 2.66. The van der Waals surface area contributed by atoms with Gasteiger partial charge in [0.15, 0.2) is 6.29 Å². The molecule has 234 valence electrons. The van der Waals surface area contributed by atoms with E-state index in [0.29, 0.717) is 17.3 Å². The van der Waals surface area contributed by atoms with E-state index in [2.05, 4.69) is 53.7 Å². The van der Waals surface area contributed by atoms with Gasteiger partial charge in [0.1, 0.15) is 24.4 Å². The van der Waals surface area contributed by atoms with E-state index in [-0.39, 0.29) is 11.5 Å². The Kier molecular flexibility index (Phi) is 9.51. The number of hydrogen-bond donors (Lipinski definition) is 4. The van der Waals surface area contributed by atoms with Crippen LogP contribution in [0.5, 0.6) is 0 Å². The maximum atomic E-state index is 10.5. The van der Waals surface area contributed by atoms with Crippen LogP contribution in [0.2, 0.25) is 0 Å². The maximum absolute atomic E-state index is 10.5. The molecule has 1 aliphatic heterocycles. The van der Waals surface area contributed by atoms with Crippen molar-refractivity contribution in [2.75, 3.05) is 6.61 Å². The van der Waals surface area contributed by atoms with E-state index in [9.17, 15) is 20.4 Å². The van der Waals surface area contributed by atoms with Crippen molar-refractivity contribution in [3.05, 3.63) is 23.3 Å². The molecule has 6 nitrogen and oxygen atoms in total. The molecule has 4 N–H and O–H groups in total. The molecule has 13 atom stereocenters. The minimum Gasteiger partial charge on any atom is -0.394 e. The van der Waals surface area contributed by atoms with Crippen LogP contribution >= 0.6 is 0 Å². The van der Waals surface area contributed by atoms with Gasteiger partial charge in [0.2, 0.25) is 0 Å². The van der Waals surface area contributed by atoms with Crippen LogP contribution in [0, 0.1) is 46.3 Å². The summed E-state index contributed by atoms with van der Waals surface area (Å²) in [6.07, 6.45) is 10.6. The fourth-order valence-electron chi connectivity index (χ4n) is 10.1. The van der Waals surface area contributed by atoms with E-state index in [1.165, 1.54) is 50.5 Å². The molecule has 3 saturated carbocycles. The Morgan fingerprint density at radius 1 is 0.927 bits per heavy atom. The van der Waals surface area contributed by atoms with Gasteiger partial charge < -0.3 is 29.9 Å². The normalized spacial score (nSPS) is 45.8. The SMILES string of the molecule is CC[C@H](CC[C@@H](C)[C@H]1CC[C@H]2C3=CC=C4C[C@@H](O[C@@H]5O[C@H](CO)[C@@H](O)[C@H](O)[C@H]5O)CC[C@]4(C)[C@H]3CC[C@]12C)C(C)C. The number of rotatable bonds is 9. The minimum absolute atomic E-state index is 0.130. The average molecular weight is 575 g/mol. The molecule has 5 aliphatic rings. The van der Waals surface area contributed by atoms with E-state index in [1.54, 1.807) is 5.57 Å². The summed E-state index contributed by atoms with van der Waals surface area (Å²) >= 11 is 0. The van der Waals surface area contributed by atoms with E-state index < -0.39 is 37.3 Å². The van der Waals surface area contributed by atoms with E-state index >= 15 is 0 Å². The number of hydrogen-bond acceptors (Lipinski definition) is 6. The van der Waals surface area contributed by atoms with Crippen molar-refractivity contribution in [2.45, 2.75) is 143 Å². The summed E-state index contributed by atoms with van der Waals surface area (Å²) < 4.78 is 11.9. The van der Waals surface area contributed by atoms with Gasteiger partial charge in [-0.2, -0.15) is 0 Å². The van der Waals surface area contributed by atoms with Crippen molar-refractivity contribution in [3.63, 3.8) is 0 Å². The molecule has 4 fully saturated rings. The summed E-state index contributed by atoms with van der Waals surface area (Å²) in [5.74, 6) is 4.52. The molecule has 0 aromatic rings. The first kappa shape index (κ1) is 31.7. The molecule has 0 unspecified atom stereocenters. The summed E-state index contributed by atoms with van der Waals surface area (Å²) in [6, 6.07) is 0. The van der Waals surface area contributed by atoms with Crippen molar-refractivity contribution < 1.29 is 29.9 Å². The van der Waals surface area contributed by atoms with E-state index in [4.69, 9.17) is 9.47 Å². The molecule has 4 aliphatic carbocycles. The molecule has 0 radical (unpaired) electrons. The third-order valence-electron chi connectivity index (χ3n) is 12.9. The molecule has 41 heavy (non-hydrogen) atoms. The Morgan fingerprint density at radius 2 is 1.68 bits per heavy atom. The Balaban J connectivity index is 1.27. The van der Waals surface area contributed by atoms with Crippen LogP contribution in [0.1, 0.15) is 106 Å². The van der Waals surface area contributed by atoms with Gasteiger partial charge in [-0.25, -0.2) is 0 Å². The Morgan fingerprint density at radius 3 is 2.37 bits per heavy atom. The molecule has 0 bridgehead atoms. The lowest BCUT2D eigenvalue weighted by Crippen LogP contribution is -2.60. The fraction of sp³-hybridized carbons (Fsp3) is 0.886. The monoisotopic (exact) mass is 574 g/mol. The fourth-order valence-corrected chi connectivity index (χ4v) is 10.1. The molecular formula is C35H58O6. The van der Waals surface area contributed by atoms with Crippen LogP contribution < -0.4 is 0 Å². The highest BCUT2D eigenvalue weighted by Gasteiger charge is 2.57. The van der Waals surface area contributed by atoms with E-state index in [0.717, 1.165) is 42.9 Å². The number of aliphatic hydroxyl groups excluding tert-OH is 4.